The van der Waals surface area contributed by atoms with Crippen molar-refractivity contribution >= 4 is 40.1 Å². The molecule has 0 aliphatic carbocycles. The number of nitrogens with zero attached hydrogens (tertiary/aromatic N) is 1. The van der Waals surface area contributed by atoms with Gasteiger partial charge in [-0.1, -0.05) is 36.4 Å². The maximum atomic E-state index is 12.6. The number of nitrogens with one attached hydrogen (secondary N) is 3. The summed E-state index contributed by atoms with van der Waals surface area (Å²) >= 11 is 0. The van der Waals surface area contributed by atoms with E-state index in [2.05, 4.69) is 10.0 Å². The van der Waals surface area contributed by atoms with E-state index in [4.69, 9.17) is 16.0 Å². The van der Waals surface area contributed by atoms with E-state index in [1.165, 1.54) is 12.1 Å². The zero-order valence-electron chi connectivity index (χ0n) is 19.8. The molecule has 1 aliphatic rings. The summed E-state index contributed by atoms with van der Waals surface area (Å²) in [6.45, 7) is 1.31. The van der Waals surface area contributed by atoms with Crippen molar-refractivity contribution < 1.29 is 28.0 Å². The average molecular weight is 540 g/mol. The molecule has 0 saturated carbocycles. The van der Waals surface area contributed by atoms with E-state index in [1.807, 2.05) is 12.1 Å². The number of amides is 1. The van der Waals surface area contributed by atoms with Gasteiger partial charge in [-0.3, -0.25) is 19.8 Å². The summed E-state index contributed by atoms with van der Waals surface area (Å²) in [5, 5.41) is 21.1. The van der Waals surface area contributed by atoms with E-state index in [0.29, 0.717) is 17.5 Å². The predicted molar refractivity (Wildman–Crippen MR) is 135 cm³/mol. The molecule has 0 aromatic heterocycles. The minimum Gasteiger partial charge on any atom is -0.480 e. The fourth-order valence-electron chi connectivity index (χ4n) is 3.81. The van der Waals surface area contributed by atoms with Gasteiger partial charge in [-0.15, -0.1) is 12.4 Å². The van der Waals surface area contributed by atoms with Crippen LogP contribution in [0.5, 0.6) is 0 Å². The van der Waals surface area contributed by atoms with Gasteiger partial charge in [0, 0.05) is 19.2 Å². The monoisotopic (exact) mass is 539 g/mol. The number of sulfonamides is 1. The molecular formula is C23H30ClN5O6S. The van der Waals surface area contributed by atoms with E-state index < -0.39 is 40.6 Å². The standard InChI is InChI=1S/C23H29N5O6S.ClH/c1-14-4-3-5-18(10-14)35(32,33)27-19(23(30)31)13-26-21(29)12-17-11-20(28(2)34-17)15-6-8-16(9-7-15)22(24)25;/h3-10,17,19-20,27H,11-13H2,1-2H3,(H3,24,25)(H,26,29)(H,30,31);1H/t17-,19+,20-;/m1./s1. The highest BCUT2D eigenvalue weighted by Crippen LogP contribution is 2.34. The molecule has 1 fully saturated rings. The summed E-state index contributed by atoms with van der Waals surface area (Å²) in [6.07, 6.45) is 0.0550. The minimum absolute atomic E-state index is 0. The van der Waals surface area contributed by atoms with Gasteiger partial charge in [-0.25, -0.2) is 8.42 Å². The number of rotatable bonds is 10. The van der Waals surface area contributed by atoms with Crippen molar-refractivity contribution in [2.45, 2.75) is 42.8 Å². The van der Waals surface area contributed by atoms with Crippen LogP contribution in [0.15, 0.2) is 53.4 Å². The second-order valence-corrected chi connectivity index (χ2v) is 10.1. The molecule has 2 aromatic carbocycles. The lowest BCUT2D eigenvalue weighted by atomic mass is 9.99. The Morgan fingerprint density at radius 1 is 1.25 bits per heavy atom. The molecular weight excluding hydrogens is 510 g/mol. The van der Waals surface area contributed by atoms with Crippen molar-refractivity contribution in [1.82, 2.24) is 15.1 Å². The van der Waals surface area contributed by atoms with Crippen molar-refractivity contribution in [3.63, 3.8) is 0 Å². The van der Waals surface area contributed by atoms with Gasteiger partial charge in [0.25, 0.3) is 0 Å². The Labute approximate surface area is 215 Å². The fraction of sp³-hybridized carbons (Fsp3) is 0.348. The van der Waals surface area contributed by atoms with E-state index in [1.54, 1.807) is 43.3 Å². The molecule has 3 atom stereocenters. The van der Waals surface area contributed by atoms with E-state index in [9.17, 15) is 23.1 Å². The van der Waals surface area contributed by atoms with Crippen molar-refractivity contribution in [1.29, 1.82) is 5.41 Å². The van der Waals surface area contributed by atoms with Gasteiger partial charge in [0.15, 0.2) is 0 Å². The Morgan fingerprint density at radius 3 is 2.50 bits per heavy atom. The van der Waals surface area contributed by atoms with Crippen LogP contribution >= 0.6 is 12.4 Å². The fourth-order valence-corrected chi connectivity index (χ4v) is 5.11. The highest BCUT2D eigenvalue weighted by Gasteiger charge is 2.34. The summed E-state index contributed by atoms with van der Waals surface area (Å²) < 4.78 is 27.2. The summed E-state index contributed by atoms with van der Waals surface area (Å²) in [5.74, 6) is -1.90. The van der Waals surface area contributed by atoms with Crippen molar-refractivity contribution in [3.8, 4) is 0 Å². The number of carbonyl (C=O) groups excluding carboxylic acids is 1. The van der Waals surface area contributed by atoms with Crippen LogP contribution in [0, 0.1) is 12.3 Å². The lowest BCUT2D eigenvalue weighted by Gasteiger charge is -2.18. The molecule has 196 valence electrons. The first kappa shape index (κ1) is 29.2. The number of hydrogen-bond acceptors (Lipinski definition) is 7. The van der Waals surface area contributed by atoms with Crippen LogP contribution in [0.1, 0.15) is 35.6 Å². The quantitative estimate of drug-likeness (QED) is 0.222. The molecule has 0 radical (unpaired) electrons. The van der Waals surface area contributed by atoms with E-state index >= 15 is 0 Å². The second-order valence-electron chi connectivity index (χ2n) is 8.40. The maximum absolute atomic E-state index is 12.6. The topological polar surface area (TPSA) is 175 Å². The largest absolute Gasteiger partial charge is 0.480 e. The molecule has 1 saturated heterocycles. The van der Waals surface area contributed by atoms with E-state index in [-0.39, 0.29) is 35.6 Å². The number of amidine groups is 1. The van der Waals surface area contributed by atoms with Gasteiger partial charge in [0.05, 0.1) is 23.5 Å². The van der Waals surface area contributed by atoms with Crippen LogP contribution in [0.25, 0.3) is 0 Å². The van der Waals surface area contributed by atoms with Crippen LogP contribution in [0.4, 0.5) is 0 Å². The third-order valence-electron chi connectivity index (χ3n) is 5.66. The highest BCUT2D eigenvalue weighted by atomic mass is 35.5. The molecule has 1 aliphatic heterocycles. The maximum Gasteiger partial charge on any atom is 0.323 e. The number of benzene rings is 2. The Morgan fingerprint density at radius 2 is 1.92 bits per heavy atom. The summed E-state index contributed by atoms with van der Waals surface area (Å²) in [7, 11) is -2.33. The molecule has 36 heavy (non-hydrogen) atoms. The molecule has 1 amide bonds. The minimum atomic E-state index is -4.09. The summed E-state index contributed by atoms with van der Waals surface area (Å²) in [5.41, 5.74) is 7.75. The molecule has 0 spiro atoms. The number of aryl methyl sites for hydroxylation is 1. The van der Waals surface area contributed by atoms with Crippen molar-refractivity contribution in [3.05, 3.63) is 65.2 Å². The number of hydrogen-bond donors (Lipinski definition) is 5. The third kappa shape index (κ3) is 7.48. The first-order valence-electron chi connectivity index (χ1n) is 10.9. The molecule has 0 bridgehead atoms. The lowest BCUT2D eigenvalue weighted by molar-refractivity contribution is -0.152. The van der Waals surface area contributed by atoms with Gasteiger partial charge >= 0.3 is 5.97 Å². The average Bonchev–Trinajstić information content (AvgIpc) is 3.16. The first-order chi connectivity index (χ1) is 16.5. The highest BCUT2D eigenvalue weighted by molar-refractivity contribution is 7.89. The first-order valence-corrected chi connectivity index (χ1v) is 12.4. The molecule has 11 nitrogen and oxygen atoms in total. The number of halogens is 1. The smallest absolute Gasteiger partial charge is 0.323 e. The third-order valence-corrected chi connectivity index (χ3v) is 7.13. The zero-order valence-corrected chi connectivity index (χ0v) is 21.4. The van der Waals surface area contributed by atoms with Crippen LogP contribution in [0.2, 0.25) is 0 Å². The van der Waals surface area contributed by atoms with Crippen LogP contribution in [-0.2, 0) is 24.4 Å². The molecule has 3 rings (SSSR count). The Kier molecular flexibility index (Phi) is 9.96. The van der Waals surface area contributed by atoms with Gasteiger partial charge in [0.1, 0.15) is 11.9 Å². The van der Waals surface area contributed by atoms with Crippen molar-refractivity contribution in [2.24, 2.45) is 5.73 Å². The molecule has 6 N–H and O–H groups in total. The van der Waals surface area contributed by atoms with Gasteiger partial charge in [-0.2, -0.15) is 9.79 Å². The van der Waals surface area contributed by atoms with Crippen molar-refractivity contribution in [2.75, 3.05) is 13.6 Å². The van der Waals surface area contributed by atoms with Gasteiger partial charge < -0.3 is 16.2 Å². The van der Waals surface area contributed by atoms with Crippen LogP contribution in [-0.4, -0.2) is 62.0 Å². The number of aliphatic carboxylic acids is 1. The van der Waals surface area contributed by atoms with Gasteiger partial charge in [-0.05, 0) is 36.6 Å². The SMILES string of the molecule is Cc1cccc(S(=O)(=O)N[C@@H](CNC(=O)C[C@H]2C[C@H](c3ccc(C(=N)N)cc3)N(C)O2)C(=O)O)c1.Cl. The van der Waals surface area contributed by atoms with Crippen LogP contribution < -0.4 is 15.8 Å². The molecule has 1 heterocycles. The Balaban J connectivity index is 0.00000456. The Bertz CT molecular complexity index is 1210. The number of carboxylic acid groups (broad SMARTS) is 1. The Hall–Kier alpha value is -3.03. The summed E-state index contributed by atoms with van der Waals surface area (Å²) in [6, 6.07) is 11.6. The molecule has 13 heteroatoms. The number of nitrogen functional groups attached to an aromatic ring is 1. The normalized spacial score (nSPS) is 18.7. The summed E-state index contributed by atoms with van der Waals surface area (Å²) in [4.78, 5) is 29.8. The van der Waals surface area contributed by atoms with E-state index in [0.717, 1.165) is 5.56 Å². The van der Waals surface area contributed by atoms with Gasteiger partial charge in [0.2, 0.25) is 15.9 Å². The number of hydroxylamine groups is 2. The lowest BCUT2D eigenvalue weighted by Crippen LogP contribution is -2.48. The number of nitrogens with two attached hydrogens (primary N) is 1. The number of carboxylic acids is 1. The van der Waals surface area contributed by atoms with Crippen LogP contribution in [0.3, 0.4) is 0 Å². The predicted octanol–water partition coefficient (Wildman–Crippen LogP) is 1.32. The number of carbonyl (C=O) groups is 2. The molecule has 0 unspecified atom stereocenters. The second kappa shape index (κ2) is 12.3. The molecule has 2 aromatic rings. The zero-order chi connectivity index (χ0) is 25.8.